The van der Waals surface area contributed by atoms with E-state index in [2.05, 4.69) is 30.9 Å². The van der Waals surface area contributed by atoms with E-state index < -0.39 is 0 Å². The third-order valence-electron chi connectivity index (χ3n) is 2.03. The van der Waals surface area contributed by atoms with E-state index in [1.807, 2.05) is 25.1 Å². The van der Waals surface area contributed by atoms with Crippen LogP contribution in [0.1, 0.15) is 29.3 Å². The number of hydrogen-bond donors (Lipinski definition) is 2. The Hall–Kier alpha value is -2.31. The van der Waals surface area contributed by atoms with Crippen molar-refractivity contribution in [1.82, 2.24) is 30.9 Å². The van der Waals surface area contributed by atoms with Gasteiger partial charge in [0.05, 0.1) is 11.7 Å². The number of carbonyl (C=O) groups is 1. The summed E-state index contributed by atoms with van der Waals surface area (Å²) in [5.41, 5.74) is 0.777. The van der Waals surface area contributed by atoms with Crippen LogP contribution in [0.2, 0.25) is 0 Å². The highest BCUT2D eigenvalue weighted by molar-refractivity contribution is 5.90. The average molecular weight is 218 g/mol. The van der Waals surface area contributed by atoms with Gasteiger partial charge in [0, 0.05) is 6.20 Å². The van der Waals surface area contributed by atoms with E-state index in [4.69, 9.17) is 0 Å². The van der Waals surface area contributed by atoms with Gasteiger partial charge in [0.1, 0.15) is 0 Å². The smallest absolute Gasteiger partial charge is 0.293 e. The molecule has 0 spiro atoms. The second kappa shape index (κ2) is 4.47. The molecule has 2 aromatic heterocycles. The zero-order chi connectivity index (χ0) is 11.4. The number of nitrogens with zero attached hydrogens (tertiary/aromatic N) is 4. The van der Waals surface area contributed by atoms with Gasteiger partial charge >= 0.3 is 0 Å². The monoisotopic (exact) mass is 218 g/mol. The van der Waals surface area contributed by atoms with Crippen LogP contribution in [0.3, 0.4) is 0 Å². The van der Waals surface area contributed by atoms with E-state index in [9.17, 15) is 4.79 Å². The maximum absolute atomic E-state index is 11.6. The van der Waals surface area contributed by atoms with Gasteiger partial charge in [-0.1, -0.05) is 6.07 Å². The number of hydrogen-bond acceptors (Lipinski definition) is 5. The molecule has 0 fully saturated rings. The second-order valence-electron chi connectivity index (χ2n) is 3.19. The summed E-state index contributed by atoms with van der Waals surface area (Å²) in [6.07, 6.45) is 1.67. The molecule has 2 N–H and O–H groups in total. The predicted octanol–water partition coefficient (Wildman–Crippen LogP) is 0.0857. The van der Waals surface area contributed by atoms with E-state index in [0.29, 0.717) is 0 Å². The topological polar surface area (TPSA) is 96.5 Å². The summed E-state index contributed by atoms with van der Waals surface area (Å²) in [5.74, 6) is -0.366. The zero-order valence-electron chi connectivity index (χ0n) is 8.58. The van der Waals surface area contributed by atoms with Crippen molar-refractivity contribution in [1.29, 1.82) is 0 Å². The molecule has 0 aliphatic carbocycles. The third kappa shape index (κ3) is 2.19. The Labute approximate surface area is 91.3 Å². The first-order valence-corrected chi connectivity index (χ1v) is 4.72. The van der Waals surface area contributed by atoms with Crippen LogP contribution in [-0.4, -0.2) is 31.5 Å². The van der Waals surface area contributed by atoms with Crippen LogP contribution in [0.25, 0.3) is 0 Å². The molecule has 0 aliphatic heterocycles. The third-order valence-corrected chi connectivity index (χ3v) is 2.03. The number of pyridine rings is 1. The highest BCUT2D eigenvalue weighted by Crippen LogP contribution is 2.07. The quantitative estimate of drug-likeness (QED) is 0.760. The summed E-state index contributed by atoms with van der Waals surface area (Å²) in [7, 11) is 0. The molecule has 7 nitrogen and oxygen atoms in total. The van der Waals surface area contributed by atoms with Crippen LogP contribution in [0.15, 0.2) is 24.4 Å². The minimum absolute atomic E-state index is 0.0165. The summed E-state index contributed by atoms with van der Waals surface area (Å²) >= 11 is 0. The Morgan fingerprint density at radius 3 is 3.00 bits per heavy atom. The van der Waals surface area contributed by atoms with Gasteiger partial charge in [0.15, 0.2) is 0 Å². The van der Waals surface area contributed by atoms with Crippen LogP contribution in [0, 0.1) is 0 Å². The number of amides is 1. The van der Waals surface area contributed by atoms with Gasteiger partial charge in [-0.15, -0.1) is 10.2 Å². The Morgan fingerprint density at radius 2 is 2.38 bits per heavy atom. The first kappa shape index (κ1) is 10.2. The van der Waals surface area contributed by atoms with E-state index in [-0.39, 0.29) is 17.8 Å². The number of rotatable bonds is 3. The molecular weight excluding hydrogens is 208 g/mol. The Morgan fingerprint density at radius 1 is 1.50 bits per heavy atom. The first-order chi connectivity index (χ1) is 7.77. The van der Waals surface area contributed by atoms with Gasteiger partial charge < -0.3 is 5.32 Å². The maximum Gasteiger partial charge on any atom is 0.293 e. The van der Waals surface area contributed by atoms with Gasteiger partial charge in [0.2, 0.25) is 0 Å². The number of aromatic nitrogens is 5. The minimum atomic E-state index is -0.382. The molecular formula is C9H10N6O. The maximum atomic E-state index is 11.6. The van der Waals surface area contributed by atoms with Crippen LogP contribution >= 0.6 is 0 Å². The van der Waals surface area contributed by atoms with Crippen molar-refractivity contribution in [3.63, 3.8) is 0 Å². The predicted molar refractivity (Wildman–Crippen MR) is 54.3 cm³/mol. The van der Waals surface area contributed by atoms with Crippen molar-refractivity contribution in [3.8, 4) is 0 Å². The van der Waals surface area contributed by atoms with E-state index in [1.165, 1.54) is 0 Å². The fourth-order valence-corrected chi connectivity index (χ4v) is 1.23. The molecule has 0 saturated carbocycles. The molecule has 82 valence electrons. The Bertz CT molecular complexity index is 454. The lowest BCUT2D eigenvalue weighted by Crippen LogP contribution is -2.28. The summed E-state index contributed by atoms with van der Waals surface area (Å²) in [5, 5.41) is 15.4. The lowest BCUT2D eigenvalue weighted by molar-refractivity contribution is 0.0928. The number of H-pyrrole nitrogens is 1. The van der Waals surface area contributed by atoms with Crippen LogP contribution in [0.4, 0.5) is 0 Å². The lowest BCUT2D eigenvalue weighted by atomic mass is 10.2. The molecule has 2 aromatic rings. The van der Waals surface area contributed by atoms with Crippen molar-refractivity contribution in [2.45, 2.75) is 13.0 Å². The van der Waals surface area contributed by atoms with Crippen molar-refractivity contribution in [3.05, 3.63) is 35.9 Å². The van der Waals surface area contributed by atoms with Gasteiger partial charge in [-0.2, -0.15) is 5.21 Å². The van der Waals surface area contributed by atoms with Crippen molar-refractivity contribution in [2.24, 2.45) is 0 Å². The van der Waals surface area contributed by atoms with Gasteiger partial charge in [-0.25, -0.2) is 0 Å². The molecule has 0 bridgehead atoms. The SMILES string of the molecule is CC(NC(=O)c1nn[nH]n1)c1ccccn1. The fraction of sp³-hybridized carbons (Fsp3) is 0.222. The molecule has 0 saturated heterocycles. The molecule has 2 heterocycles. The normalized spacial score (nSPS) is 12.1. The van der Waals surface area contributed by atoms with E-state index in [0.717, 1.165) is 5.69 Å². The number of nitrogens with one attached hydrogen (secondary N) is 2. The molecule has 0 aromatic carbocycles. The van der Waals surface area contributed by atoms with E-state index in [1.54, 1.807) is 6.20 Å². The lowest BCUT2D eigenvalue weighted by Gasteiger charge is -2.11. The summed E-state index contributed by atoms with van der Waals surface area (Å²) < 4.78 is 0. The van der Waals surface area contributed by atoms with Gasteiger partial charge in [0.25, 0.3) is 11.7 Å². The zero-order valence-corrected chi connectivity index (χ0v) is 8.58. The van der Waals surface area contributed by atoms with Crippen LogP contribution < -0.4 is 5.32 Å². The van der Waals surface area contributed by atoms with E-state index >= 15 is 0 Å². The van der Waals surface area contributed by atoms with Crippen molar-refractivity contribution >= 4 is 5.91 Å². The molecule has 16 heavy (non-hydrogen) atoms. The molecule has 0 radical (unpaired) electrons. The largest absolute Gasteiger partial charge is 0.341 e. The summed E-state index contributed by atoms with van der Waals surface area (Å²) in [6.45, 7) is 1.83. The fourth-order valence-electron chi connectivity index (χ4n) is 1.23. The standard InChI is InChI=1S/C9H10N6O/c1-6(7-4-2-3-5-10-7)11-9(16)8-12-14-15-13-8/h2-6H,1H3,(H,11,16)(H,12,13,14,15). The van der Waals surface area contributed by atoms with Crippen molar-refractivity contribution in [2.75, 3.05) is 0 Å². The molecule has 2 rings (SSSR count). The first-order valence-electron chi connectivity index (χ1n) is 4.72. The number of carbonyl (C=O) groups excluding carboxylic acids is 1. The highest BCUT2D eigenvalue weighted by Gasteiger charge is 2.15. The van der Waals surface area contributed by atoms with Gasteiger partial charge in [-0.05, 0) is 24.3 Å². The highest BCUT2D eigenvalue weighted by atomic mass is 16.2. The number of aromatic amines is 1. The Balaban J connectivity index is 2.03. The molecule has 0 aliphatic rings. The molecule has 1 unspecified atom stereocenters. The average Bonchev–Trinajstić information content (AvgIpc) is 2.83. The number of tetrazole rings is 1. The summed E-state index contributed by atoms with van der Waals surface area (Å²) in [4.78, 5) is 15.7. The second-order valence-corrected chi connectivity index (χ2v) is 3.19. The molecule has 1 amide bonds. The van der Waals surface area contributed by atoms with Gasteiger partial charge in [-0.3, -0.25) is 9.78 Å². The Kier molecular flexibility index (Phi) is 2.86. The summed E-state index contributed by atoms with van der Waals surface area (Å²) in [6, 6.07) is 5.31. The minimum Gasteiger partial charge on any atom is -0.341 e. The van der Waals surface area contributed by atoms with Crippen LogP contribution in [-0.2, 0) is 0 Å². The molecule has 7 heteroatoms. The molecule has 1 atom stereocenters. The van der Waals surface area contributed by atoms with Crippen molar-refractivity contribution < 1.29 is 4.79 Å². The van der Waals surface area contributed by atoms with Crippen LogP contribution in [0.5, 0.6) is 0 Å².